The van der Waals surface area contributed by atoms with E-state index in [2.05, 4.69) is 191 Å². The number of unbranched alkanes of at least 4 members (excludes halogenated alkanes) is 10. The van der Waals surface area contributed by atoms with Crippen LogP contribution in [0.4, 0.5) is 0 Å². The van der Waals surface area contributed by atoms with E-state index < -0.39 is 11.5 Å². The largest absolute Gasteiger partial charge is 0.508 e. The fraction of sp³-hybridized carbons (Fsp3) is 0.524. The molecule has 0 saturated carbocycles. The van der Waals surface area contributed by atoms with E-state index in [1.54, 1.807) is 31.2 Å². The molecule has 1 unspecified atom stereocenters. The Labute approximate surface area is 700 Å². The van der Waals surface area contributed by atoms with Crippen LogP contribution in [0.3, 0.4) is 0 Å². The molecule has 0 radical (unpaired) electrons. The van der Waals surface area contributed by atoms with Crippen molar-refractivity contribution in [3.05, 3.63) is 217 Å². The first-order valence-corrected chi connectivity index (χ1v) is 44.2. The van der Waals surface area contributed by atoms with Crippen LogP contribution in [-0.2, 0) is 44.1 Å². The minimum absolute atomic E-state index is 0.0529. The lowest BCUT2D eigenvalue weighted by Gasteiger charge is -2.46. The molecule has 6 aromatic rings. The maximum absolute atomic E-state index is 11.1. The standard InChI is InChI=1S/C21H30O3.C21H30O2.C21H26O2.C21H30O2.C21H32O2/c1-5-6-7-8-16-12-18(22)20(19(23)13-16)17-11-15(4)9-10-21(17,24)14(2)3;2*1-5-6-7-8-15-12-18(22)20-16-11-14(2)9-10-17(16)21(3,4)23-19(20)13-15;1-5-6-7-10-17-14-19(22)18-11-13-21(4,23-20(18)15-17)12-8-9-16(2)3;1-5-6-7-11-18-14-20(22)19(21(23)15-18)13-12-17(4)10-8-9-16(2)3/h11-13,17,22-24H,2,5-10H2,1,3-4H3;11-13,16-17,22H,5-10H2,1-4H3;9-13,22H,5-8H2,1-4H3;9,11,13-15,22H,5-8,10,12H2,1-4H3;9,12,14-15,22-23H,5-8,10-11,13H2,1-4H3/b;;;;17-12+/t17-,21+;16-,17-;;;/m01.../s1. The van der Waals surface area contributed by atoms with Gasteiger partial charge in [0.1, 0.15) is 74.3 Å². The van der Waals surface area contributed by atoms with Crippen molar-refractivity contribution in [2.75, 3.05) is 0 Å². The smallest absolute Gasteiger partial charge is 0.132 e. The zero-order valence-corrected chi connectivity index (χ0v) is 74.8. The molecule has 5 aliphatic rings. The maximum Gasteiger partial charge on any atom is 0.132 e. The van der Waals surface area contributed by atoms with Crippen molar-refractivity contribution in [3.8, 4) is 68.6 Å². The van der Waals surface area contributed by atoms with E-state index in [9.17, 15) is 40.9 Å². The number of aryl methyl sites for hydroxylation is 6. The summed E-state index contributed by atoms with van der Waals surface area (Å²) in [6.07, 6.45) is 45.4. The summed E-state index contributed by atoms with van der Waals surface area (Å²) >= 11 is 0. The number of benzene rings is 6. The van der Waals surface area contributed by atoms with Crippen LogP contribution in [0.25, 0.3) is 17.2 Å². The molecule has 11 nitrogen and oxygen atoms in total. The third-order valence-electron chi connectivity index (χ3n) is 23.9. The molecule has 0 aromatic heterocycles. The van der Waals surface area contributed by atoms with E-state index in [0.29, 0.717) is 52.7 Å². The second kappa shape index (κ2) is 44.3. The summed E-state index contributed by atoms with van der Waals surface area (Å²) in [6, 6.07) is 25.5. The number of phenolic OH excluding ortho intramolecular Hbond substituents is 7. The molecule has 0 saturated heterocycles. The highest BCUT2D eigenvalue weighted by atomic mass is 16.5. The van der Waals surface area contributed by atoms with E-state index in [4.69, 9.17) is 14.2 Å². The molecular formula is C105H148O11. The number of ether oxygens (including phenoxy) is 3. The first-order chi connectivity index (χ1) is 55.0. The topological polar surface area (TPSA) is 190 Å². The molecule has 2 aliphatic carbocycles. The lowest BCUT2D eigenvalue weighted by atomic mass is 9.68. The van der Waals surface area contributed by atoms with E-state index in [0.717, 1.165) is 188 Å². The van der Waals surface area contributed by atoms with Gasteiger partial charge in [0.15, 0.2) is 0 Å². The van der Waals surface area contributed by atoms with E-state index >= 15 is 0 Å². The summed E-state index contributed by atoms with van der Waals surface area (Å²) in [7, 11) is 0. The van der Waals surface area contributed by atoms with Crippen molar-refractivity contribution < 1.29 is 55.1 Å². The Kier molecular flexibility index (Phi) is 36.1. The first-order valence-electron chi connectivity index (χ1n) is 44.2. The van der Waals surface area contributed by atoms with Gasteiger partial charge in [-0.05, 0) is 331 Å². The Morgan fingerprint density at radius 3 is 1.47 bits per heavy atom. The predicted molar refractivity (Wildman–Crippen MR) is 486 cm³/mol. The van der Waals surface area contributed by atoms with Gasteiger partial charge < -0.3 is 55.1 Å². The zero-order valence-electron chi connectivity index (χ0n) is 74.8. The third kappa shape index (κ3) is 26.7. The van der Waals surface area contributed by atoms with Gasteiger partial charge in [0.2, 0.25) is 0 Å². The summed E-state index contributed by atoms with van der Waals surface area (Å²) in [5.41, 5.74) is 17.8. The van der Waals surface area contributed by atoms with Gasteiger partial charge in [0.05, 0.1) is 16.7 Å². The van der Waals surface area contributed by atoms with Crippen LogP contribution >= 0.6 is 0 Å². The number of aromatic hydroxyl groups is 7. The van der Waals surface area contributed by atoms with Crippen molar-refractivity contribution in [1.29, 1.82) is 0 Å². The summed E-state index contributed by atoms with van der Waals surface area (Å²) in [6.45, 7) is 44.2. The Balaban J connectivity index is 0.000000200. The lowest BCUT2D eigenvalue weighted by molar-refractivity contribution is 0.0107. The number of hydrogen-bond donors (Lipinski definition) is 8. The zero-order chi connectivity index (χ0) is 85.2. The van der Waals surface area contributed by atoms with Crippen molar-refractivity contribution in [2.24, 2.45) is 5.92 Å². The van der Waals surface area contributed by atoms with Crippen LogP contribution in [-0.4, -0.2) is 57.7 Å². The number of fused-ring (bicyclic) bond motifs is 7. The Hall–Kier alpha value is -8.54. The van der Waals surface area contributed by atoms with Gasteiger partial charge in [-0.3, -0.25) is 0 Å². The maximum atomic E-state index is 11.1. The van der Waals surface area contributed by atoms with Crippen molar-refractivity contribution in [1.82, 2.24) is 0 Å². The van der Waals surface area contributed by atoms with Crippen molar-refractivity contribution in [3.63, 3.8) is 0 Å². The van der Waals surface area contributed by atoms with Crippen molar-refractivity contribution >= 4 is 6.08 Å². The SMILES string of the molecule is C=C(C)[C@]1(O)CCC(C)=C[C@H]1c1c(O)cc(CCCCC)cc1O.CCCCCc1cc(O)c(C/C=C(\C)CCC=C(C)C)c(O)c1.CCCCCc1cc(O)c2c(c1)OC(C)(C)[C@@H]1CCC(C)=C[C@@H]21.CCCCCc1cc(O)c2c(c1)OC(C)(C)c1ccc(C)cc1-2.CCCCCc1cc(O)c2c(c1)OC(C)(CCC=C(C)C)C=C2. The summed E-state index contributed by atoms with van der Waals surface area (Å²) in [4.78, 5) is 0. The second-order valence-corrected chi connectivity index (χ2v) is 35.9. The Morgan fingerprint density at radius 2 is 0.957 bits per heavy atom. The Morgan fingerprint density at radius 1 is 0.491 bits per heavy atom. The highest BCUT2D eigenvalue weighted by molar-refractivity contribution is 5.82. The van der Waals surface area contributed by atoms with Gasteiger partial charge >= 0.3 is 0 Å². The van der Waals surface area contributed by atoms with Crippen LogP contribution in [0.15, 0.2) is 155 Å². The monoisotopic (exact) mass is 1590 g/mol. The van der Waals surface area contributed by atoms with Crippen LogP contribution in [0, 0.1) is 12.8 Å². The van der Waals surface area contributed by atoms with Gasteiger partial charge in [-0.1, -0.05) is 187 Å². The van der Waals surface area contributed by atoms with E-state index in [1.165, 1.54) is 91.2 Å². The number of hydrogen-bond acceptors (Lipinski definition) is 11. The molecule has 5 atom stereocenters. The van der Waals surface area contributed by atoms with E-state index in [1.807, 2.05) is 37.3 Å². The quantitative estimate of drug-likeness (QED) is 0.0158. The molecule has 0 fully saturated rings. The molecule has 3 aliphatic heterocycles. The van der Waals surface area contributed by atoms with Gasteiger partial charge in [0.25, 0.3) is 0 Å². The minimum atomic E-state index is -1.14. The normalized spacial score (nSPS) is 18.9. The van der Waals surface area contributed by atoms with Gasteiger partial charge in [0, 0.05) is 40.0 Å². The number of phenols is 7. The highest BCUT2D eigenvalue weighted by Crippen LogP contribution is 2.55. The summed E-state index contributed by atoms with van der Waals surface area (Å²) < 4.78 is 18.9. The number of allylic oxidation sites excluding steroid dienone is 9. The molecule has 634 valence electrons. The molecule has 116 heavy (non-hydrogen) atoms. The molecule has 11 rings (SSSR count). The average Bonchev–Trinajstić information content (AvgIpc) is 0.747. The fourth-order valence-corrected chi connectivity index (χ4v) is 16.9. The summed E-state index contributed by atoms with van der Waals surface area (Å²) in [5.74, 6) is 4.38. The minimum Gasteiger partial charge on any atom is -0.508 e. The molecule has 0 bridgehead atoms. The van der Waals surface area contributed by atoms with Crippen LogP contribution in [0.5, 0.6) is 57.5 Å². The van der Waals surface area contributed by atoms with Gasteiger partial charge in [-0.15, -0.1) is 0 Å². The number of rotatable bonds is 30. The first kappa shape index (κ1) is 94.6. The number of aliphatic hydroxyl groups is 1. The molecule has 0 amide bonds. The third-order valence-corrected chi connectivity index (χ3v) is 23.9. The molecule has 3 heterocycles. The van der Waals surface area contributed by atoms with Crippen LogP contribution < -0.4 is 14.2 Å². The molecule has 6 aromatic carbocycles. The van der Waals surface area contributed by atoms with Gasteiger partial charge in [-0.2, -0.15) is 0 Å². The average molecular weight is 1590 g/mol. The molecule has 8 N–H and O–H groups in total. The molecular weight excluding hydrogens is 1440 g/mol. The predicted octanol–water partition coefficient (Wildman–Crippen LogP) is 28.5. The van der Waals surface area contributed by atoms with Crippen molar-refractivity contribution in [2.45, 2.75) is 352 Å². The van der Waals surface area contributed by atoms with E-state index in [-0.39, 0.29) is 45.7 Å². The van der Waals surface area contributed by atoms with Crippen LogP contribution in [0.2, 0.25) is 0 Å². The van der Waals surface area contributed by atoms with Gasteiger partial charge in [-0.25, -0.2) is 0 Å². The Bertz CT molecular complexity index is 4380. The summed E-state index contributed by atoms with van der Waals surface area (Å²) in [5, 5.41) is 84.2. The fourth-order valence-electron chi connectivity index (χ4n) is 16.9. The highest BCUT2D eigenvalue weighted by Gasteiger charge is 2.46. The lowest BCUT2D eigenvalue weighted by Crippen LogP contribution is -2.45. The molecule has 11 heteroatoms. The molecule has 0 spiro atoms. The second-order valence-electron chi connectivity index (χ2n) is 35.9. The van der Waals surface area contributed by atoms with Crippen LogP contribution in [0.1, 0.15) is 345 Å².